The summed E-state index contributed by atoms with van der Waals surface area (Å²) in [7, 11) is 0. The average Bonchev–Trinajstić information content (AvgIpc) is 3.02. The fourth-order valence-corrected chi connectivity index (χ4v) is 1.86. The van der Waals surface area contributed by atoms with Gasteiger partial charge in [-0.1, -0.05) is 55.4 Å². The molecule has 0 spiro atoms. The Morgan fingerprint density at radius 1 is 1.00 bits per heavy atom. The van der Waals surface area contributed by atoms with E-state index in [2.05, 4.69) is 55.4 Å². The van der Waals surface area contributed by atoms with Gasteiger partial charge >= 0.3 is 11.9 Å². The number of rotatable bonds is 6. The van der Waals surface area contributed by atoms with Crippen LogP contribution >= 0.6 is 0 Å². The molecule has 0 aromatic heterocycles. The molecule has 1 aliphatic heterocycles. The Kier molecular flexibility index (Phi) is 5.49. The maximum atomic E-state index is 12.0. The summed E-state index contributed by atoms with van der Waals surface area (Å²) < 4.78 is 5.39. The highest BCUT2D eigenvalue weighted by Crippen LogP contribution is 2.42. The summed E-state index contributed by atoms with van der Waals surface area (Å²) in [5.74, 6) is -0.601. The number of carbonyl (C=O) groups is 1. The van der Waals surface area contributed by atoms with E-state index >= 15 is 0 Å². The minimum Gasteiger partial charge on any atom is -0.404 e. The van der Waals surface area contributed by atoms with Gasteiger partial charge in [0.15, 0.2) is 0 Å². The van der Waals surface area contributed by atoms with Crippen molar-refractivity contribution < 1.29 is 19.3 Å². The van der Waals surface area contributed by atoms with Crippen molar-refractivity contribution >= 4 is 5.97 Å². The van der Waals surface area contributed by atoms with Crippen molar-refractivity contribution in [2.24, 2.45) is 22.7 Å². The zero-order valence-corrected chi connectivity index (χ0v) is 14.9. The Morgan fingerprint density at radius 3 is 1.86 bits per heavy atom. The van der Waals surface area contributed by atoms with Gasteiger partial charge in [-0.05, 0) is 29.1 Å². The third-order valence-corrected chi connectivity index (χ3v) is 4.83. The summed E-state index contributed by atoms with van der Waals surface area (Å²) in [4.78, 5) is 21.9. The van der Waals surface area contributed by atoms with E-state index in [-0.39, 0.29) is 16.8 Å². The van der Waals surface area contributed by atoms with Gasteiger partial charge in [-0.25, -0.2) is 0 Å². The molecule has 0 saturated carbocycles. The molecule has 0 aromatic rings. The van der Waals surface area contributed by atoms with E-state index in [1.54, 1.807) is 0 Å². The van der Waals surface area contributed by atoms with Crippen molar-refractivity contribution in [3.05, 3.63) is 0 Å². The lowest BCUT2D eigenvalue weighted by molar-refractivity contribution is -0.165. The molecule has 1 rings (SSSR count). The fourth-order valence-electron chi connectivity index (χ4n) is 1.86. The van der Waals surface area contributed by atoms with Crippen LogP contribution in [-0.4, -0.2) is 11.9 Å². The molecule has 124 valence electrons. The van der Waals surface area contributed by atoms with E-state index in [4.69, 9.17) is 14.5 Å². The quantitative estimate of drug-likeness (QED) is 0.406. The monoisotopic (exact) mass is 300 g/mol. The molecule has 1 heterocycles. The molecular formula is C17H32O4. The van der Waals surface area contributed by atoms with Gasteiger partial charge < -0.3 is 4.74 Å². The van der Waals surface area contributed by atoms with Crippen molar-refractivity contribution in [1.82, 2.24) is 0 Å². The molecule has 1 fully saturated rings. The van der Waals surface area contributed by atoms with E-state index < -0.39 is 5.97 Å². The van der Waals surface area contributed by atoms with Crippen molar-refractivity contribution in [2.75, 3.05) is 0 Å². The predicted molar refractivity (Wildman–Crippen MR) is 82.1 cm³/mol. The highest BCUT2D eigenvalue weighted by atomic mass is 17.5. The number of hydrogen-bond donors (Lipinski definition) is 0. The van der Waals surface area contributed by atoms with Gasteiger partial charge in [0.25, 0.3) is 0 Å². The molecule has 2 unspecified atom stereocenters. The summed E-state index contributed by atoms with van der Waals surface area (Å²) in [6.45, 7) is 17.3. The van der Waals surface area contributed by atoms with Crippen molar-refractivity contribution in [1.29, 1.82) is 0 Å². The van der Waals surface area contributed by atoms with Gasteiger partial charge in [0.2, 0.25) is 0 Å². The number of esters is 1. The normalized spacial score (nSPS) is 20.8. The second kappa shape index (κ2) is 6.25. The van der Waals surface area contributed by atoms with Crippen LogP contribution in [0.4, 0.5) is 0 Å². The Balaban J connectivity index is 2.41. The summed E-state index contributed by atoms with van der Waals surface area (Å²) in [5, 5.41) is 0. The maximum Gasteiger partial charge on any atom is 0.383 e. The van der Waals surface area contributed by atoms with Crippen molar-refractivity contribution in [3.8, 4) is 0 Å². The summed E-state index contributed by atoms with van der Waals surface area (Å²) in [6.07, 6.45) is 1.78. The third kappa shape index (κ3) is 5.95. The summed E-state index contributed by atoms with van der Waals surface area (Å²) in [6, 6.07) is 0. The topological polar surface area (TPSA) is 51.4 Å². The van der Waals surface area contributed by atoms with E-state index in [1.165, 1.54) is 0 Å². The SMILES string of the molecule is CC(CCC(=O)OC1(CC(C)C(C)(C)C)OO1)C(C)(C)C. The molecule has 1 aliphatic rings. The molecule has 1 saturated heterocycles. The van der Waals surface area contributed by atoms with Crippen LogP contribution in [0, 0.1) is 22.7 Å². The zero-order chi connectivity index (χ0) is 16.5. The Morgan fingerprint density at radius 2 is 1.48 bits per heavy atom. The smallest absolute Gasteiger partial charge is 0.383 e. The largest absolute Gasteiger partial charge is 0.404 e. The van der Waals surface area contributed by atoms with Crippen LogP contribution < -0.4 is 0 Å². The highest BCUT2D eigenvalue weighted by molar-refractivity contribution is 5.69. The Labute approximate surface area is 129 Å². The molecule has 4 nitrogen and oxygen atoms in total. The number of carbonyl (C=O) groups excluding carboxylic acids is 1. The first-order valence-electron chi connectivity index (χ1n) is 7.94. The van der Waals surface area contributed by atoms with Crippen molar-refractivity contribution in [2.45, 2.75) is 80.6 Å². The first-order valence-corrected chi connectivity index (χ1v) is 7.94. The van der Waals surface area contributed by atoms with Crippen molar-refractivity contribution in [3.63, 3.8) is 0 Å². The third-order valence-electron chi connectivity index (χ3n) is 4.83. The molecule has 0 aliphatic carbocycles. The van der Waals surface area contributed by atoms with E-state index in [0.29, 0.717) is 24.7 Å². The van der Waals surface area contributed by atoms with Gasteiger partial charge in [0.05, 0.1) is 6.42 Å². The molecule has 0 amide bonds. The van der Waals surface area contributed by atoms with Gasteiger partial charge in [0, 0.05) is 6.42 Å². The molecule has 0 N–H and O–H groups in total. The van der Waals surface area contributed by atoms with E-state index in [0.717, 1.165) is 6.42 Å². The van der Waals surface area contributed by atoms with E-state index in [1.807, 2.05) is 0 Å². The molecule has 0 radical (unpaired) electrons. The lowest BCUT2D eigenvalue weighted by atomic mass is 9.79. The van der Waals surface area contributed by atoms with Gasteiger partial charge in [-0.3, -0.25) is 4.79 Å². The molecular weight excluding hydrogens is 268 g/mol. The van der Waals surface area contributed by atoms with E-state index in [9.17, 15) is 4.79 Å². The van der Waals surface area contributed by atoms with Crippen LogP contribution in [-0.2, 0) is 19.3 Å². The Bertz CT molecular complexity index is 358. The minimum absolute atomic E-state index is 0.121. The highest BCUT2D eigenvalue weighted by Gasteiger charge is 2.55. The molecule has 21 heavy (non-hydrogen) atoms. The second-order valence-corrected chi connectivity index (χ2v) is 8.60. The molecule has 0 aromatic carbocycles. The number of hydrogen-bond acceptors (Lipinski definition) is 4. The minimum atomic E-state index is -1.13. The zero-order valence-electron chi connectivity index (χ0n) is 14.9. The first kappa shape index (κ1) is 18.4. The average molecular weight is 300 g/mol. The maximum absolute atomic E-state index is 12.0. The summed E-state index contributed by atoms with van der Waals surface area (Å²) in [5.41, 5.74) is 0.320. The molecule has 2 atom stereocenters. The molecule has 0 bridgehead atoms. The Hall–Kier alpha value is -0.610. The molecule has 4 heteroatoms. The first-order chi connectivity index (χ1) is 9.36. The fraction of sp³-hybridized carbons (Fsp3) is 0.941. The standard InChI is InChI=1S/C17H32O4/c1-12(15(3,4)5)9-10-14(18)19-17(20-21-17)11-13(2)16(6,7)8/h12-13H,9-11H2,1-8H3. The number of ether oxygens (including phenoxy) is 1. The van der Waals surface area contributed by atoms with Crippen LogP contribution in [0.1, 0.15) is 74.7 Å². The van der Waals surface area contributed by atoms with Crippen LogP contribution in [0.2, 0.25) is 0 Å². The van der Waals surface area contributed by atoms with Crippen LogP contribution in [0.5, 0.6) is 0 Å². The van der Waals surface area contributed by atoms with Crippen LogP contribution in [0.15, 0.2) is 0 Å². The van der Waals surface area contributed by atoms with Gasteiger partial charge in [-0.2, -0.15) is 9.78 Å². The van der Waals surface area contributed by atoms with Gasteiger partial charge in [-0.15, -0.1) is 0 Å². The van der Waals surface area contributed by atoms with Crippen LogP contribution in [0.25, 0.3) is 0 Å². The second-order valence-electron chi connectivity index (χ2n) is 8.60. The summed E-state index contributed by atoms with van der Waals surface area (Å²) >= 11 is 0. The predicted octanol–water partition coefficient (Wildman–Crippen LogP) is 4.68. The lowest BCUT2D eigenvalue weighted by Gasteiger charge is -2.28. The van der Waals surface area contributed by atoms with Gasteiger partial charge in [0.1, 0.15) is 0 Å². The van der Waals surface area contributed by atoms with Crippen LogP contribution in [0.3, 0.4) is 0 Å². The lowest BCUT2D eigenvalue weighted by Crippen LogP contribution is -2.29.